The molecule has 0 saturated carbocycles. The average Bonchev–Trinajstić information content (AvgIpc) is 3.25. The summed E-state index contributed by atoms with van der Waals surface area (Å²) in [7, 11) is 1.59. The smallest absolute Gasteiger partial charge is 0.226 e. The van der Waals surface area contributed by atoms with Crippen LogP contribution >= 0.6 is 0 Å². The summed E-state index contributed by atoms with van der Waals surface area (Å²) in [4.78, 5) is 17.1. The first-order chi connectivity index (χ1) is 15.5. The highest BCUT2D eigenvalue weighted by molar-refractivity contribution is 5.83. The molecule has 0 unspecified atom stereocenters. The normalized spacial score (nSPS) is 10.9. The summed E-state index contributed by atoms with van der Waals surface area (Å²) in [5.74, 6) is 2.49. The maximum absolute atomic E-state index is 12.6. The van der Waals surface area contributed by atoms with Crippen molar-refractivity contribution in [3.63, 3.8) is 0 Å². The van der Waals surface area contributed by atoms with Crippen molar-refractivity contribution in [1.29, 1.82) is 0 Å². The van der Waals surface area contributed by atoms with Crippen LogP contribution in [-0.4, -0.2) is 37.8 Å². The van der Waals surface area contributed by atoms with Crippen LogP contribution in [0.2, 0.25) is 0 Å². The summed E-state index contributed by atoms with van der Waals surface area (Å²) in [6, 6.07) is 12.6. The Balaban J connectivity index is 1.68. The minimum absolute atomic E-state index is 0.0391. The van der Waals surface area contributed by atoms with E-state index in [0.29, 0.717) is 41.4 Å². The molecule has 0 amide bonds. The molecule has 0 saturated heterocycles. The monoisotopic (exact) mass is 441 g/mol. The van der Waals surface area contributed by atoms with E-state index in [1.807, 2.05) is 18.2 Å². The second-order valence-corrected chi connectivity index (χ2v) is 7.75. The van der Waals surface area contributed by atoms with Gasteiger partial charge in [-0.3, -0.25) is 4.79 Å². The molecular formula is C25H28FNO5. The van der Waals surface area contributed by atoms with Crippen molar-refractivity contribution in [1.82, 2.24) is 4.98 Å². The van der Waals surface area contributed by atoms with Crippen molar-refractivity contribution in [2.45, 2.75) is 26.7 Å². The molecule has 0 aliphatic rings. The number of para-hydroxylation sites is 1. The summed E-state index contributed by atoms with van der Waals surface area (Å²) >= 11 is 0. The summed E-state index contributed by atoms with van der Waals surface area (Å²) in [5, 5.41) is 0. The van der Waals surface area contributed by atoms with E-state index in [9.17, 15) is 9.18 Å². The number of hydrogen-bond donors (Lipinski definition) is 0. The highest BCUT2D eigenvalue weighted by Gasteiger charge is 2.15. The molecule has 0 spiro atoms. The fraction of sp³-hybridized carbons (Fsp3) is 0.360. The zero-order valence-corrected chi connectivity index (χ0v) is 18.6. The highest BCUT2D eigenvalue weighted by atomic mass is 19.1. The largest absolute Gasteiger partial charge is 0.493 e. The van der Waals surface area contributed by atoms with E-state index in [1.54, 1.807) is 31.4 Å². The van der Waals surface area contributed by atoms with Crippen molar-refractivity contribution < 1.29 is 27.8 Å². The molecule has 0 aliphatic carbocycles. The number of methoxy groups -OCH3 is 1. The molecule has 3 rings (SSSR count). The van der Waals surface area contributed by atoms with Gasteiger partial charge >= 0.3 is 0 Å². The number of halogens is 1. The van der Waals surface area contributed by atoms with Crippen molar-refractivity contribution in [3.05, 3.63) is 60.0 Å². The first kappa shape index (κ1) is 23.3. The van der Waals surface area contributed by atoms with Crippen molar-refractivity contribution >= 4 is 5.78 Å². The number of ketones is 1. The Kier molecular flexibility index (Phi) is 8.25. The Morgan fingerprint density at radius 3 is 2.62 bits per heavy atom. The SMILES string of the molecule is COc1ccc(-c2nc(CC(=O)Cc3ccccc3OCCF)co2)cc1OCC(C)C. The number of alkyl halides is 1. The number of hydrogen-bond acceptors (Lipinski definition) is 6. The zero-order valence-electron chi connectivity index (χ0n) is 18.6. The quantitative estimate of drug-likeness (QED) is 0.390. The van der Waals surface area contributed by atoms with Gasteiger partial charge in [0.15, 0.2) is 11.5 Å². The third kappa shape index (κ3) is 6.33. The van der Waals surface area contributed by atoms with Crippen molar-refractivity contribution in [3.8, 4) is 28.7 Å². The molecule has 32 heavy (non-hydrogen) atoms. The molecule has 3 aromatic rings. The molecule has 0 atom stereocenters. The molecule has 170 valence electrons. The Morgan fingerprint density at radius 2 is 1.88 bits per heavy atom. The summed E-state index contributed by atoms with van der Waals surface area (Å²) < 4.78 is 34.6. The summed E-state index contributed by atoms with van der Waals surface area (Å²) in [5.41, 5.74) is 1.98. The van der Waals surface area contributed by atoms with Crippen LogP contribution in [-0.2, 0) is 17.6 Å². The van der Waals surface area contributed by atoms with Crippen molar-refractivity contribution in [2.24, 2.45) is 5.92 Å². The van der Waals surface area contributed by atoms with E-state index in [1.165, 1.54) is 6.26 Å². The van der Waals surface area contributed by atoms with Gasteiger partial charge in [-0.25, -0.2) is 9.37 Å². The van der Waals surface area contributed by atoms with Crippen LogP contribution in [0.4, 0.5) is 4.39 Å². The molecule has 0 bridgehead atoms. The van der Waals surface area contributed by atoms with Gasteiger partial charge in [-0.15, -0.1) is 0 Å². The number of carbonyl (C=O) groups excluding carboxylic acids is 1. The van der Waals surface area contributed by atoms with Gasteiger partial charge in [0.25, 0.3) is 0 Å². The highest BCUT2D eigenvalue weighted by Crippen LogP contribution is 2.32. The molecule has 6 nitrogen and oxygen atoms in total. The predicted molar refractivity (Wildman–Crippen MR) is 119 cm³/mol. The number of Topliss-reactive ketones (excluding diaryl/α,β-unsaturated/α-hetero) is 1. The number of rotatable bonds is 12. The third-order valence-corrected chi connectivity index (χ3v) is 4.61. The van der Waals surface area contributed by atoms with Crippen LogP contribution in [0.3, 0.4) is 0 Å². The number of benzene rings is 2. The minimum Gasteiger partial charge on any atom is -0.493 e. The van der Waals surface area contributed by atoms with E-state index in [0.717, 1.165) is 11.1 Å². The Morgan fingerprint density at radius 1 is 1.06 bits per heavy atom. The first-order valence-corrected chi connectivity index (χ1v) is 10.5. The van der Waals surface area contributed by atoms with Gasteiger partial charge in [0.05, 0.1) is 25.8 Å². The Labute approximate surface area is 187 Å². The van der Waals surface area contributed by atoms with Crippen molar-refractivity contribution in [2.75, 3.05) is 27.0 Å². The third-order valence-electron chi connectivity index (χ3n) is 4.61. The van der Waals surface area contributed by atoms with Crippen LogP contribution in [0.5, 0.6) is 17.2 Å². The fourth-order valence-corrected chi connectivity index (χ4v) is 3.12. The lowest BCUT2D eigenvalue weighted by Crippen LogP contribution is -2.09. The maximum Gasteiger partial charge on any atom is 0.226 e. The van der Waals surface area contributed by atoms with Gasteiger partial charge in [0.2, 0.25) is 5.89 Å². The Bertz CT molecular complexity index is 1030. The lowest BCUT2D eigenvalue weighted by atomic mass is 10.1. The van der Waals surface area contributed by atoms with E-state index in [-0.39, 0.29) is 25.2 Å². The molecule has 2 aromatic carbocycles. The van der Waals surface area contributed by atoms with Gasteiger partial charge in [-0.1, -0.05) is 32.0 Å². The van der Waals surface area contributed by atoms with E-state index >= 15 is 0 Å². The van der Waals surface area contributed by atoms with Gasteiger partial charge in [-0.2, -0.15) is 0 Å². The predicted octanol–water partition coefficient (Wildman–Crippen LogP) is 5.09. The van der Waals surface area contributed by atoms with E-state index in [2.05, 4.69) is 18.8 Å². The fourth-order valence-electron chi connectivity index (χ4n) is 3.12. The van der Waals surface area contributed by atoms with Gasteiger partial charge in [0.1, 0.15) is 31.1 Å². The van der Waals surface area contributed by atoms with Crippen LogP contribution in [0.1, 0.15) is 25.1 Å². The van der Waals surface area contributed by atoms with E-state index < -0.39 is 6.67 Å². The van der Waals surface area contributed by atoms with Crippen LogP contribution < -0.4 is 14.2 Å². The number of oxazole rings is 1. The van der Waals surface area contributed by atoms with Crippen LogP contribution in [0.15, 0.2) is 53.1 Å². The maximum atomic E-state index is 12.6. The second kappa shape index (κ2) is 11.3. The molecule has 0 aliphatic heterocycles. The van der Waals surface area contributed by atoms with Gasteiger partial charge in [-0.05, 0) is 30.2 Å². The molecule has 0 N–H and O–H groups in total. The molecule has 0 fully saturated rings. The number of nitrogens with zero attached hydrogens (tertiary/aromatic N) is 1. The minimum atomic E-state index is -0.584. The van der Waals surface area contributed by atoms with E-state index in [4.69, 9.17) is 18.6 Å². The lowest BCUT2D eigenvalue weighted by molar-refractivity contribution is -0.117. The first-order valence-electron chi connectivity index (χ1n) is 10.5. The summed E-state index contributed by atoms with van der Waals surface area (Å²) in [6.45, 7) is 4.07. The molecule has 7 heteroatoms. The van der Waals surface area contributed by atoms with Crippen LogP contribution in [0.25, 0.3) is 11.5 Å². The average molecular weight is 441 g/mol. The second-order valence-electron chi connectivity index (χ2n) is 7.75. The van der Waals surface area contributed by atoms with Gasteiger partial charge < -0.3 is 18.6 Å². The molecule has 1 heterocycles. The number of aromatic nitrogens is 1. The lowest BCUT2D eigenvalue weighted by Gasteiger charge is -2.13. The molecule has 0 radical (unpaired) electrons. The molecular weight excluding hydrogens is 413 g/mol. The zero-order chi connectivity index (χ0) is 22.9. The number of ether oxygens (including phenoxy) is 3. The number of carbonyl (C=O) groups is 1. The van der Waals surface area contributed by atoms with Gasteiger partial charge in [0, 0.05) is 17.5 Å². The topological polar surface area (TPSA) is 70.8 Å². The Hall–Kier alpha value is -3.35. The standard InChI is InChI=1S/C25H28FNO5/c1-17(2)15-31-24-13-19(8-9-23(24)29-3)25-27-20(16-32-25)14-21(28)12-18-6-4-5-7-22(18)30-11-10-26/h4-9,13,16-17H,10-12,14-15H2,1-3H3. The van der Waals surface area contributed by atoms with Crippen LogP contribution in [0, 0.1) is 5.92 Å². The molecule has 1 aromatic heterocycles. The summed E-state index contributed by atoms with van der Waals surface area (Å²) in [6.07, 6.45) is 1.77.